The number of nitrogens with zero attached hydrogens (tertiary/aromatic N) is 3. The summed E-state index contributed by atoms with van der Waals surface area (Å²) in [6, 6.07) is 10.7. The maximum Gasteiger partial charge on any atom is 0.417 e. The number of amides is 3. The molecule has 1 aliphatic rings. The minimum absolute atomic E-state index is 0.0853. The van der Waals surface area contributed by atoms with E-state index in [-0.39, 0.29) is 18.8 Å². The van der Waals surface area contributed by atoms with Gasteiger partial charge in [-0.25, -0.2) is 9.18 Å². The highest BCUT2D eigenvalue weighted by Gasteiger charge is 2.41. The quantitative estimate of drug-likeness (QED) is 0.352. The molecule has 1 atom stereocenters. The van der Waals surface area contributed by atoms with Gasteiger partial charge in [0.25, 0.3) is 11.8 Å². The number of benzene rings is 2. The van der Waals surface area contributed by atoms with E-state index in [0.29, 0.717) is 23.9 Å². The second-order valence-corrected chi connectivity index (χ2v) is 8.78. The Morgan fingerprint density at radius 2 is 1.80 bits per heavy atom. The topological polar surface area (TPSA) is 125 Å². The minimum atomic E-state index is -4.92. The number of ether oxygens (including phenoxy) is 1. The van der Waals surface area contributed by atoms with Gasteiger partial charge in [0.15, 0.2) is 0 Å². The number of aromatic amines is 1. The number of hydrogen-bond donors (Lipinski definition) is 2. The fourth-order valence-corrected chi connectivity index (χ4v) is 4.26. The Morgan fingerprint density at radius 1 is 1.07 bits per heavy atom. The predicted octanol–water partition coefficient (Wildman–Crippen LogP) is 2.49. The maximum absolute atomic E-state index is 13.7. The number of carbonyl (C=O) groups excluding carboxylic acids is 4. The summed E-state index contributed by atoms with van der Waals surface area (Å²) < 4.78 is 58.8. The average molecular weight is 561 g/mol. The number of piperazine rings is 1. The van der Waals surface area contributed by atoms with Gasteiger partial charge in [0, 0.05) is 18.7 Å². The first-order valence-electron chi connectivity index (χ1n) is 11.9. The van der Waals surface area contributed by atoms with E-state index in [4.69, 9.17) is 4.74 Å². The summed E-state index contributed by atoms with van der Waals surface area (Å²) in [7, 11) is 1.05. The summed E-state index contributed by atoms with van der Waals surface area (Å²) in [5, 5.41) is 9.09. The molecule has 2 N–H and O–H groups in total. The van der Waals surface area contributed by atoms with Crippen LogP contribution >= 0.6 is 0 Å². The van der Waals surface area contributed by atoms with Crippen molar-refractivity contribution in [3.05, 3.63) is 77.2 Å². The van der Waals surface area contributed by atoms with Gasteiger partial charge in [-0.1, -0.05) is 30.3 Å². The average Bonchev–Trinajstić information content (AvgIpc) is 3.45. The molecule has 210 valence electrons. The molecule has 1 aromatic heterocycles. The SMILES string of the molecule is COC(=O)C1CN(C(=O)c2cc(F)ccc2C(F)(F)F)CCN1C(=O)CNC(=O)c1cc(-c2ccccc2)n[nH]1. The normalized spacial score (nSPS) is 15.5. The molecule has 2 aromatic carbocycles. The number of esters is 1. The van der Waals surface area contributed by atoms with E-state index in [1.165, 1.54) is 6.07 Å². The lowest BCUT2D eigenvalue weighted by molar-refractivity contribution is -0.155. The number of H-pyrrole nitrogens is 1. The van der Waals surface area contributed by atoms with Crippen LogP contribution in [0.3, 0.4) is 0 Å². The summed E-state index contributed by atoms with van der Waals surface area (Å²) in [6.07, 6.45) is -4.92. The van der Waals surface area contributed by atoms with Crippen molar-refractivity contribution in [1.29, 1.82) is 0 Å². The Bertz CT molecular complexity index is 1430. The van der Waals surface area contributed by atoms with Crippen LogP contribution in [0.4, 0.5) is 17.6 Å². The Hall–Kier alpha value is -4.75. The molecule has 14 heteroatoms. The Labute approximate surface area is 224 Å². The summed E-state index contributed by atoms with van der Waals surface area (Å²) in [5.41, 5.74) is -0.887. The molecule has 10 nitrogen and oxygen atoms in total. The van der Waals surface area contributed by atoms with Gasteiger partial charge < -0.3 is 19.9 Å². The van der Waals surface area contributed by atoms with Crippen LogP contribution in [0.5, 0.6) is 0 Å². The van der Waals surface area contributed by atoms with Crippen molar-refractivity contribution in [2.24, 2.45) is 0 Å². The van der Waals surface area contributed by atoms with E-state index >= 15 is 0 Å². The van der Waals surface area contributed by atoms with Gasteiger partial charge in [0.05, 0.1) is 37.0 Å². The van der Waals surface area contributed by atoms with Crippen LogP contribution in [0.2, 0.25) is 0 Å². The van der Waals surface area contributed by atoms with Crippen molar-refractivity contribution >= 4 is 23.7 Å². The molecule has 40 heavy (non-hydrogen) atoms. The monoisotopic (exact) mass is 561 g/mol. The molecule has 4 rings (SSSR count). The third kappa shape index (κ3) is 6.11. The molecule has 0 radical (unpaired) electrons. The fourth-order valence-electron chi connectivity index (χ4n) is 4.26. The van der Waals surface area contributed by atoms with Gasteiger partial charge in [-0.2, -0.15) is 18.3 Å². The van der Waals surface area contributed by atoms with E-state index in [2.05, 4.69) is 15.5 Å². The van der Waals surface area contributed by atoms with Gasteiger partial charge in [-0.05, 0) is 24.3 Å². The standard InChI is InChI=1S/C26H23F4N5O5/c1-40-25(39)21-14-34(24(38)17-11-16(27)7-8-18(17)26(28,29)30)9-10-35(21)22(36)13-31-23(37)20-12-19(32-33-20)15-5-3-2-4-6-15/h2-8,11-12,21H,9-10,13-14H2,1H3,(H,31,37)(H,32,33). The van der Waals surface area contributed by atoms with Crippen molar-refractivity contribution in [3.8, 4) is 11.3 Å². The zero-order chi connectivity index (χ0) is 29.0. The molecular formula is C26H23F4N5O5. The molecule has 1 aliphatic heterocycles. The van der Waals surface area contributed by atoms with Crippen LogP contribution in [-0.2, 0) is 20.5 Å². The Morgan fingerprint density at radius 3 is 2.48 bits per heavy atom. The summed E-state index contributed by atoms with van der Waals surface area (Å²) in [5.74, 6) is -4.46. The highest BCUT2D eigenvalue weighted by atomic mass is 19.4. The van der Waals surface area contributed by atoms with Crippen LogP contribution in [0.15, 0.2) is 54.6 Å². The number of carbonyl (C=O) groups is 4. The largest absolute Gasteiger partial charge is 0.467 e. The van der Waals surface area contributed by atoms with Crippen molar-refractivity contribution in [1.82, 2.24) is 25.3 Å². The lowest BCUT2D eigenvalue weighted by Crippen LogP contribution is -2.61. The number of alkyl halides is 3. The van der Waals surface area contributed by atoms with E-state index < -0.39 is 65.9 Å². The number of methoxy groups -OCH3 is 1. The molecule has 0 aliphatic carbocycles. The zero-order valence-electron chi connectivity index (χ0n) is 21.0. The first kappa shape index (κ1) is 28.3. The van der Waals surface area contributed by atoms with Crippen LogP contribution in [-0.4, -0.2) is 83.0 Å². The minimum Gasteiger partial charge on any atom is -0.467 e. The summed E-state index contributed by atoms with van der Waals surface area (Å²) in [4.78, 5) is 52.9. The fraction of sp³-hybridized carbons (Fsp3) is 0.269. The van der Waals surface area contributed by atoms with Crippen LogP contribution < -0.4 is 5.32 Å². The molecule has 1 saturated heterocycles. The third-order valence-corrected chi connectivity index (χ3v) is 6.27. The van der Waals surface area contributed by atoms with Crippen molar-refractivity contribution < 1.29 is 41.5 Å². The van der Waals surface area contributed by atoms with Crippen LogP contribution in [0.1, 0.15) is 26.4 Å². The third-order valence-electron chi connectivity index (χ3n) is 6.27. The second kappa shape index (κ2) is 11.6. The predicted molar refractivity (Wildman–Crippen MR) is 131 cm³/mol. The lowest BCUT2D eigenvalue weighted by atomic mass is 10.0. The highest BCUT2D eigenvalue weighted by molar-refractivity contribution is 5.98. The first-order valence-corrected chi connectivity index (χ1v) is 11.9. The van der Waals surface area contributed by atoms with Gasteiger partial charge >= 0.3 is 12.1 Å². The summed E-state index contributed by atoms with van der Waals surface area (Å²) >= 11 is 0. The second-order valence-electron chi connectivity index (χ2n) is 8.78. The lowest BCUT2D eigenvalue weighted by Gasteiger charge is -2.40. The first-order chi connectivity index (χ1) is 19.0. The zero-order valence-corrected chi connectivity index (χ0v) is 21.0. The van der Waals surface area contributed by atoms with Gasteiger partial charge in [-0.15, -0.1) is 0 Å². The molecule has 2 heterocycles. The molecule has 1 unspecified atom stereocenters. The number of halogens is 4. The van der Waals surface area contributed by atoms with Crippen LogP contribution in [0.25, 0.3) is 11.3 Å². The molecule has 0 saturated carbocycles. The van der Waals surface area contributed by atoms with E-state index in [1.54, 1.807) is 24.3 Å². The number of aromatic nitrogens is 2. The maximum atomic E-state index is 13.7. The molecule has 0 bridgehead atoms. The number of rotatable bonds is 6. The molecule has 1 fully saturated rings. The van der Waals surface area contributed by atoms with Gasteiger partial charge in [0.1, 0.15) is 17.6 Å². The molecule has 3 amide bonds. The Balaban J connectivity index is 1.44. The number of hydrogen-bond acceptors (Lipinski definition) is 6. The highest BCUT2D eigenvalue weighted by Crippen LogP contribution is 2.33. The van der Waals surface area contributed by atoms with Crippen molar-refractivity contribution in [2.75, 3.05) is 33.3 Å². The smallest absolute Gasteiger partial charge is 0.417 e. The Kier molecular flexibility index (Phi) is 8.16. The van der Waals surface area contributed by atoms with Crippen molar-refractivity contribution in [2.45, 2.75) is 12.2 Å². The molecular weight excluding hydrogens is 538 g/mol. The number of nitrogens with one attached hydrogen (secondary N) is 2. The van der Waals surface area contributed by atoms with Gasteiger partial charge in [0.2, 0.25) is 5.91 Å². The van der Waals surface area contributed by atoms with E-state index in [9.17, 15) is 36.7 Å². The van der Waals surface area contributed by atoms with Crippen LogP contribution in [0, 0.1) is 5.82 Å². The van der Waals surface area contributed by atoms with Gasteiger partial charge in [-0.3, -0.25) is 19.5 Å². The van der Waals surface area contributed by atoms with Crippen molar-refractivity contribution in [3.63, 3.8) is 0 Å². The van der Waals surface area contributed by atoms with E-state index in [1.807, 2.05) is 6.07 Å². The molecule has 3 aromatic rings. The molecule has 0 spiro atoms. The van der Waals surface area contributed by atoms with E-state index in [0.717, 1.165) is 22.5 Å². The summed E-state index contributed by atoms with van der Waals surface area (Å²) in [6.45, 7) is -1.53.